The second-order valence-corrected chi connectivity index (χ2v) is 4.18. The van der Waals surface area contributed by atoms with Gasteiger partial charge in [0, 0.05) is 31.2 Å². The van der Waals surface area contributed by atoms with Gasteiger partial charge in [0.05, 0.1) is 11.9 Å². The Kier molecular flexibility index (Phi) is 4.50. The molecule has 0 saturated heterocycles. The van der Waals surface area contributed by atoms with Crippen LogP contribution in [0, 0.1) is 5.82 Å². The van der Waals surface area contributed by atoms with Crippen molar-refractivity contribution in [2.24, 2.45) is 0 Å². The van der Waals surface area contributed by atoms with E-state index in [9.17, 15) is 14.0 Å². The highest BCUT2D eigenvalue weighted by Crippen LogP contribution is 2.14. The van der Waals surface area contributed by atoms with Crippen LogP contribution in [0.15, 0.2) is 36.9 Å². The standard InChI is InChI=1S/C13H13FN4O3/c14-11-7-9(1-2-10(11)12(19)20)17-13(21)16-4-6-18-5-3-15-8-18/h1-3,5,7-8H,4,6H2,(H,19,20)(H2,16,17,21). The lowest BCUT2D eigenvalue weighted by atomic mass is 10.2. The van der Waals surface area contributed by atoms with E-state index >= 15 is 0 Å². The summed E-state index contributed by atoms with van der Waals surface area (Å²) in [7, 11) is 0. The lowest BCUT2D eigenvalue weighted by molar-refractivity contribution is 0.0692. The largest absolute Gasteiger partial charge is 0.478 e. The number of hydrogen-bond donors (Lipinski definition) is 3. The number of nitrogens with zero attached hydrogens (tertiary/aromatic N) is 2. The maximum Gasteiger partial charge on any atom is 0.338 e. The number of nitrogens with one attached hydrogen (secondary N) is 2. The highest BCUT2D eigenvalue weighted by Gasteiger charge is 2.11. The van der Waals surface area contributed by atoms with E-state index in [1.54, 1.807) is 23.3 Å². The Morgan fingerprint density at radius 1 is 1.38 bits per heavy atom. The number of rotatable bonds is 5. The lowest BCUT2D eigenvalue weighted by Crippen LogP contribution is -2.31. The third kappa shape index (κ3) is 4.03. The number of hydrogen-bond acceptors (Lipinski definition) is 3. The van der Waals surface area contributed by atoms with Crippen molar-refractivity contribution in [3.8, 4) is 0 Å². The molecule has 0 atom stereocenters. The summed E-state index contributed by atoms with van der Waals surface area (Å²) in [6.07, 6.45) is 5.02. The Morgan fingerprint density at radius 3 is 2.81 bits per heavy atom. The molecule has 0 radical (unpaired) electrons. The van der Waals surface area contributed by atoms with Crippen LogP contribution in [0.25, 0.3) is 0 Å². The zero-order valence-corrected chi connectivity index (χ0v) is 10.9. The van der Waals surface area contributed by atoms with Crippen LogP contribution in [0.3, 0.4) is 0 Å². The lowest BCUT2D eigenvalue weighted by Gasteiger charge is -2.08. The van der Waals surface area contributed by atoms with Crippen molar-refractivity contribution in [1.29, 1.82) is 0 Å². The van der Waals surface area contributed by atoms with E-state index in [-0.39, 0.29) is 5.69 Å². The second kappa shape index (κ2) is 6.51. The Hall–Kier alpha value is -2.90. The summed E-state index contributed by atoms with van der Waals surface area (Å²) in [6.45, 7) is 0.928. The van der Waals surface area contributed by atoms with Gasteiger partial charge in [-0.3, -0.25) is 0 Å². The molecule has 2 aromatic rings. The van der Waals surface area contributed by atoms with Crippen LogP contribution in [-0.4, -0.2) is 33.2 Å². The fourth-order valence-corrected chi connectivity index (χ4v) is 1.66. The van der Waals surface area contributed by atoms with Crippen molar-refractivity contribution in [3.63, 3.8) is 0 Å². The number of amides is 2. The van der Waals surface area contributed by atoms with Gasteiger partial charge in [-0.05, 0) is 18.2 Å². The molecule has 0 aliphatic rings. The van der Waals surface area contributed by atoms with Crippen molar-refractivity contribution in [2.75, 3.05) is 11.9 Å². The van der Waals surface area contributed by atoms with E-state index in [0.717, 1.165) is 12.1 Å². The van der Waals surface area contributed by atoms with E-state index < -0.39 is 23.4 Å². The zero-order chi connectivity index (χ0) is 15.2. The van der Waals surface area contributed by atoms with Crippen molar-refractivity contribution >= 4 is 17.7 Å². The molecule has 2 amide bonds. The SMILES string of the molecule is O=C(NCCn1ccnc1)Nc1ccc(C(=O)O)c(F)c1. The minimum atomic E-state index is -1.36. The fourth-order valence-electron chi connectivity index (χ4n) is 1.66. The first kappa shape index (κ1) is 14.5. The van der Waals surface area contributed by atoms with Gasteiger partial charge in [-0.25, -0.2) is 19.0 Å². The topological polar surface area (TPSA) is 96.3 Å². The molecular formula is C13H13FN4O3. The first-order valence-electron chi connectivity index (χ1n) is 6.09. The maximum atomic E-state index is 13.4. The van der Waals surface area contributed by atoms with Gasteiger partial charge >= 0.3 is 12.0 Å². The van der Waals surface area contributed by atoms with Crippen LogP contribution in [0.4, 0.5) is 14.9 Å². The maximum absolute atomic E-state index is 13.4. The van der Waals surface area contributed by atoms with Crippen LogP contribution in [0.1, 0.15) is 10.4 Å². The first-order chi connectivity index (χ1) is 10.1. The molecule has 2 rings (SSSR count). The summed E-state index contributed by atoms with van der Waals surface area (Å²) in [6, 6.07) is 2.87. The van der Waals surface area contributed by atoms with Gasteiger partial charge in [-0.15, -0.1) is 0 Å². The number of imidazole rings is 1. The third-order valence-electron chi connectivity index (χ3n) is 2.67. The van der Waals surface area contributed by atoms with Gasteiger partial charge in [0.15, 0.2) is 0 Å². The highest BCUT2D eigenvalue weighted by atomic mass is 19.1. The van der Waals surface area contributed by atoms with Gasteiger partial charge in [0.2, 0.25) is 0 Å². The number of carboxylic acid groups (broad SMARTS) is 1. The molecule has 3 N–H and O–H groups in total. The monoisotopic (exact) mass is 292 g/mol. The number of aromatic carboxylic acids is 1. The molecule has 110 valence electrons. The van der Waals surface area contributed by atoms with Crippen molar-refractivity contribution < 1.29 is 19.1 Å². The second-order valence-electron chi connectivity index (χ2n) is 4.18. The summed E-state index contributed by atoms with van der Waals surface area (Å²) in [4.78, 5) is 26.1. The Labute approximate surface area is 119 Å². The van der Waals surface area contributed by atoms with Crippen LogP contribution >= 0.6 is 0 Å². The molecule has 0 saturated carbocycles. The molecule has 1 aromatic heterocycles. The molecule has 7 nitrogen and oxygen atoms in total. The van der Waals surface area contributed by atoms with Crippen LogP contribution in [0.2, 0.25) is 0 Å². The molecule has 21 heavy (non-hydrogen) atoms. The molecule has 0 spiro atoms. The summed E-state index contributed by atoms with van der Waals surface area (Å²) >= 11 is 0. The molecule has 1 aromatic carbocycles. The number of anilines is 1. The number of carboxylic acids is 1. The number of benzene rings is 1. The Morgan fingerprint density at radius 2 is 2.19 bits per heavy atom. The predicted octanol–water partition coefficient (Wildman–Crippen LogP) is 1.54. The average Bonchev–Trinajstić information content (AvgIpc) is 2.91. The van der Waals surface area contributed by atoms with E-state index in [1.807, 2.05) is 0 Å². The molecule has 0 aliphatic carbocycles. The van der Waals surface area contributed by atoms with Crippen LogP contribution < -0.4 is 10.6 Å². The number of carbonyl (C=O) groups excluding carboxylic acids is 1. The van der Waals surface area contributed by atoms with Gasteiger partial charge in [-0.2, -0.15) is 0 Å². The normalized spacial score (nSPS) is 10.1. The van der Waals surface area contributed by atoms with E-state index in [1.165, 1.54) is 6.07 Å². The molecule has 0 bridgehead atoms. The minimum Gasteiger partial charge on any atom is -0.478 e. The van der Waals surface area contributed by atoms with E-state index in [2.05, 4.69) is 15.6 Å². The van der Waals surface area contributed by atoms with E-state index in [4.69, 9.17) is 5.11 Å². The summed E-state index contributed by atoms with van der Waals surface area (Å²) < 4.78 is 15.2. The van der Waals surface area contributed by atoms with Gasteiger partial charge in [-0.1, -0.05) is 0 Å². The predicted molar refractivity (Wildman–Crippen MR) is 72.6 cm³/mol. The van der Waals surface area contributed by atoms with Crippen molar-refractivity contribution in [1.82, 2.24) is 14.9 Å². The molecule has 1 heterocycles. The van der Waals surface area contributed by atoms with Crippen LogP contribution in [0.5, 0.6) is 0 Å². The summed E-state index contributed by atoms with van der Waals surface area (Å²) in [5, 5.41) is 13.7. The number of halogens is 1. The highest BCUT2D eigenvalue weighted by molar-refractivity contribution is 5.91. The molecular weight excluding hydrogens is 279 g/mol. The van der Waals surface area contributed by atoms with E-state index in [0.29, 0.717) is 13.1 Å². The summed E-state index contributed by atoms with van der Waals surface area (Å²) in [5.41, 5.74) is -0.265. The quantitative estimate of drug-likeness (QED) is 0.779. The van der Waals surface area contributed by atoms with Crippen molar-refractivity contribution in [3.05, 3.63) is 48.3 Å². The average molecular weight is 292 g/mol. The number of urea groups is 1. The first-order valence-corrected chi connectivity index (χ1v) is 6.09. The zero-order valence-electron chi connectivity index (χ0n) is 10.9. The smallest absolute Gasteiger partial charge is 0.338 e. The Balaban J connectivity index is 1.85. The third-order valence-corrected chi connectivity index (χ3v) is 2.67. The number of aromatic nitrogens is 2. The number of carbonyl (C=O) groups is 2. The minimum absolute atomic E-state index is 0.178. The van der Waals surface area contributed by atoms with Gasteiger partial charge in [0.1, 0.15) is 5.82 Å². The molecule has 0 unspecified atom stereocenters. The van der Waals surface area contributed by atoms with Crippen LogP contribution in [-0.2, 0) is 6.54 Å². The molecule has 0 aliphatic heterocycles. The Bertz CT molecular complexity index is 643. The van der Waals surface area contributed by atoms with Crippen molar-refractivity contribution in [2.45, 2.75) is 6.54 Å². The molecule has 8 heteroatoms. The fraction of sp³-hybridized carbons (Fsp3) is 0.154. The summed E-state index contributed by atoms with van der Waals surface area (Å²) in [5.74, 6) is -2.26. The van der Waals surface area contributed by atoms with Gasteiger partial charge in [0.25, 0.3) is 0 Å². The van der Waals surface area contributed by atoms with Gasteiger partial charge < -0.3 is 20.3 Å². The molecule has 0 fully saturated rings.